The molecule has 0 aliphatic heterocycles. The molecule has 0 fully saturated rings. The van der Waals surface area contributed by atoms with E-state index in [0.29, 0.717) is 5.56 Å². The maximum atomic E-state index is 12.3. The molecule has 1 aromatic heterocycles. The van der Waals surface area contributed by atoms with Gasteiger partial charge in [-0.15, -0.1) is 0 Å². The first kappa shape index (κ1) is 13.9. The van der Waals surface area contributed by atoms with Crippen molar-refractivity contribution < 1.29 is 9.53 Å². The standard InChI is InChI=1S/C17H14BrNO2/c1-19-14-10-6-4-8-12(14)15(17(20)21-2)16(19)11-7-3-5-9-13(11)18/h3-10H,1-2H3. The second-order valence-electron chi connectivity index (χ2n) is 4.77. The van der Waals surface area contributed by atoms with E-state index in [1.165, 1.54) is 7.11 Å². The molecule has 3 nitrogen and oxygen atoms in total. The summed E-state index contributed by atoms with van der Waals surface area (Å²) in [6, 6.07) is 15.7. The van der Waals surface area contributed by atoms with Gasteiger partial charge in [0.2, 0.25) is 0 Å². The summed E-state index contributed by atoms with van der Waals surface area (Å²) < 4.78 is 7.97. The fraction of sp³-hybridized carbons (Fsp3) is 0.118. The summed E-state index contributed by atoms with van der Waals surface area (Å²) in [4.78, 5) is 12.3. The number of para-hydroxylation sites is 1. The summed E-state index contributed by atoms with van der Waals surface area (Å²) in [5, 5.41) is 0.901. The smallest absolute Gasteiger partial charge is 0.340 e. The molecule has 106 valence electrons. The van der Waals surface area contributed by atoms with E-state index in [0.717, 1.165) is 26.6 Å². The van der Waals surface area contributed by atoms with Crippen LogP contribution in [-0.2, 0) is 11.8 Å². The fourth-order valence-electron chi connectivity index (χ4n) is 2.67. The van der Waals surface area contributed by atoms with E-state index in [9.17, 15) is 4.79 Å². The number of rotatable bonds is 2. The lowest BCUT2D eigenvalue weighted by atomic mass is 10.1. The Morgan fingerprint density at radius 1 is 1.10 bits per heavy atom. The number of aromatic nitrogens is 1. The van der Waals surface area contributed by atoms with Crippen molar-refractivity contribution in [2.24, 2.45) is 7.05 Å². The van der Waals surface area contributed by atoms with Crippen molar-refractivity contribution >= 4 is 32.8 Å². The minimum Gasteiger partial charge on any atom is -0.465 e. The predicted octanol–water partition coefficient (Wildman–Crippen LogP) is 4.39. The zero-order valence-corrected chi connectivity index (χ0v) is 13.3. The topological polar surface area (TPSA) is 31.2 Å². The summed E-state index contributed by atoms with van der Waals surface area (Å²) in [6.45, 7) is 0. The average molecular weight is 344 g/mol. The summed E-state index contributed by atoms with van der Waals surface area (Å²) in [5.41, 5.74) is 3.43. The lowest BCUT2D eigenvalue weighted by molar-refractivity contribution is 0.0603. The second-order valence-corrected chi connectivity index (χ2v) is 5.63. The van der Waals surface area contributed by atoms with Crippen LogP contribution < -0.4 is 0 Å². The van der Waals surface area contributed by atoms with Crippen LogP contribution in [0.4, 0.5) is 0 Å². The number of esters is 1. The van der Waals surface area contributed by atoms with Crippen LogP contribution in [0.15, 0.2) is 53.0 Å². The maximum absolute atomic E-state index is 12.3. The van der Waals surface area contributed by atoms with E-state index < -0.39 is 0 Å². The quantitative estimate of drug-likeness (QED) is 0.646. The molecule has 0 spiro atoms. The summed E-state index contributed by atoms with van der Waals surface area (Å²) >= 11 is 3.56. The number of hydrogen-bond acceptors (Lipinski definition) is 2. The SMILES string of the molecule is COC(=O)c1c(-c2ccccc2Br)n(C)c2ccccc12. The van der Waals surface area contributed by atoms with Crippen molar-refractivity contribution in [2.45, 2.75) is 0 Å². The number of halogens is 1. The molecule has 0 saturated heterocycles. The Kier molecular flexibility index (Phi) is 3.55. The first-order chi connectivity index (χ1) is 10.1. The zero-order chi connectivity index (χ0) is 15.0. The van der Waals surface area contributed by atoms with Crippen LogP contribution in [0.5, 0.6) is 0 Å². The molecule has 4 heteroatoms. The number of aryl methyl sites for hydroxylation is 1. The third-order valence-corrected chi connectivity index (χ3v) is 4.32. The molecule has 3 aromatic rings. The molecule has 0 saturated carbocycles. The normalized spacial score (nSPS) is 10.8. The monoisotopic (exact) mass is 343 g/mol. The minimum absolute atomic E-state index is 0.322. The van der Waals surface area contributed by atoms with Crippen molar-refractivity contribution in [1.29, 1.82) is 0 Å². The van der Waals surface area contributed by atoms with Gasteiger partial charge in [-0.05, 0) is 12.1 Å². The third-order valence-electron chi connectivity index (χ3n) is 3.63. The van der Waals surface area contributed by atoms with Gasteiger partial charge in [0.05, 0.1) is 18.4 Å². The molecule has 0 aliphatic rings. The molecule has 0 bridgehead atoms. The molecule has 3 rings (SSSR count). The number of ether oxygens (including phenoxy) is 1. The van der Waals surface area contributed by atoms with Crippen molar-refractivity contribution in [3.05, 3.63) is 58.6 Å². The van der Waals surface area contributed by atoms with Crippen molar-refractivity contribution in [3.8, 4) is 11.3 Å². The highest BCUT2D eigenvalue weighted by Gasteiger charge is 2.23. The highest BCUT2D eigenvalue weighted by molar-refractivity contribution is 9.10. The average Bonchev–Trinajstić information content (AvgIpc) is 2.80. The molecule has 0 N–H and O–H groups in total. The lowest BCUT2D eigenvalue weighted by Gasteiger charge is -2.09. The minimum atomic E-state index is -0.322. The summed E-state index contributed by atoms with van der Waals surface area (Å²) in [6.07, 6.45) is 0. The van der Waals surface area contributed by atoms with E-state index in [4.69, 9.17) is 4.74 Å². The molecular weight excluding hydrogens is 330 g/mol. The van der Waals surface area contributed by atoms with Gasteiger partial charge in [0, 0.05) is 28.0 Å². The lowest BCUT2D eigenvalue weighted by Crippen LogP contribution is -2.04. The highest BCUT2D eigenvalue weighted by atomic mass is 79.9. The third kappa shape index (κ3) is 2.16. The Morgan fingerprint density at radius 3 is 2.48 bits per heavy atom. The van der Waals surface area contributed by atoms with Gasteiger partial charge < -0.3 is 9.30 Å². The van der Waals surface area contributed by atoms with E-state index in [-0.39, 0.29) is 5.97 Å². The van der Waals surface area contributed by atoms with Gasteiger partial charge in [0.15, 0.2) is 0 Å². The number of nitrogens with zero attached hydrogens (tertiary/aromatic N) is 1. The fourth-order valence-corrected chi connectivity index (χ4v) is 3.14. The Morgan fingerprint density at radius 2 is 1.76 bits per heavy atom. The van der Waals surface area contributed by atoms with Crippen LogP contribution in [0, 0.1) is 0 Å². The van der Waals surface area contributed by atoms with Gasteiger partial charge in [0.1, 0.15) is 0 Å². The first-order valence-electron chi connectivity index (χ1n) is 6.55. The molecule has 0 aliphatic carbocycles. The van der Waals surface area contributed by atoms with Gasteiger partial charge in [-0.2, -0.15) is 0 Å². The Balaban J connectivity index is 2.44. The van der Waals surface area contributed by atoms with Crippen molar-refractivity contribution in [3.63, 3.8) is 0 Å². The maximum Gasteiger partial charge on any atom is 0.340 e. The van der Waals surface area contributed by atoms with Gasteiger partial charge in [-0.3, -0.25) is 0 Å². The molecule has 0 radical (unpaired) electrons. The van der Waals surface area contributed by atoms with E-state index >= 15 is 0 Å². The largest absolute Gasteiger partial charge is 0.465 e. The van der Waals surface area contributed by atoms with Crippen LogP contribution in [0.1, 0.15) is 10.4 Å². The number of fused-ring (bicyclic) bond motifs is 1. The first-order valence-corrected chi connectivity index (χ1v) is 7.35. The van der Waals surface area contributed by atoms with Gasteiger partial charge in [-0.25, -0.2) is 4.79 Å². The van der Waals surface area contributed by atoms with Crippen molar-refractivity contribution in [2.75, 3.05) is 7.11 Å². The molecule has 21 heavy (non-hydrogen) atoms. The molecule has 1 heterocycles. The Hall–Kier alpha value is -2.07. The van der Waals surface area contributed by atoms with Gasteiger partial charge in [0.25, 0.3) is 0 Å². The number of benzene rings is 2. The Bertz CT molecular complexity index is 836. The van der Waals surface area contributed by atoms with E-state index in [1.54, 1.807) is 0 Å². The predicted molar refractivity (Wildman–Crippen MR) is 87.4 cm³/mol. The Labute approximate surface area is 131 Å². The van der Waals surface area contributed by atoms with Crippen molar-refractivity contribution in [1.82, 2.24) is 4.57 Å². The molecule has 0 amide bonds. The zero-order valence-electron chi connectivity index (χ0n) is 11.8. The number of carbonyl (C=O) groups excluding carboxylic acids is 1. The van der Waals surface area contributed by atoms with Gasteiger partial charge in [-0.1, -0.05) is 52.3 Å². The number of carbonyl (C=O) groups is 1. The summed E-state index contributed by atoms with van der Waals surface area (Å²) in [7, 11) is 3.37. The van der Waals surface area contributed by atoms with E-state index in [1.807, 2.05) is 60.1 Å². The number of hydrogen-bond donors (Lipinski definition) is 0. The molecule has 0 unspecified atom stereocenters. The highest BCUT2D eigenvalue weighted by Crippen LogP contribution is 2.36. The van der Waals surface area contributed by atoms with Crippen LogP contribution in [0.2, 0.25) is 0 Å². The van der Waals surface area contributed by atoms with Crippen LogP contribution in [0.3, 0.4) is 0 Å². The van der Waals surface area contributed by atoms with Crippen LogP contribution >= 0.6 is 15.9 Å². The van der Waals surface area contributed by atoms with Crippen LogP contribution in [-0.4, -0.2) is 17.6 Å². The molecular formula is C17H14BrNO2. The van der Waals surface area contributed by atoms with Gasteiger partial charge >= 0.3 is 5.97 Å². The number of methoxy groups -OCH3 is 1. The molecule has 0 atom stereocenters. The summed E-state index contributed by atoms with van der Waals surface area (Å²) in [5.74, 6) is -0.322. The van der Waals surface area contributed by atoms with Crippen LogP contribution in [0.25, 0.3) is 22.2 Å². The van der Waals surface area contributed by atoms with E-state index in [2.05, 4.69) is 15.9 Å². The second kappa shape index (κ2) is 5.37. The molecule has 2 aromatic carbocycles.